The molecule has 1 saturated carbocycles. The van der Waals surface area contributed by atoms with E-state index < -0.39 is 9.84 Å². The van der Waals surface area contributed by atoms with Crippen molar-refractivity contribution in [3.8, 4) is 6.07 Å². The Morgan fingerprint density at radius 3 is 2.40 bits per heavy atom. The second-order valence-corrected chi connectivity index (χ2v) is 7.28. The largest absolute Gasteiger partial charge is 0.394 e. The molecule has 5 nitrogen and oxygen atoms in total. The van der Waals surface area contributed by atoms with E-state index >= 15 is 0 Å². The van der Waals surface area contributed by atoms with E-state index in [1.54, 1.807) is 0 Å². The maximum absolute atomic E-state index is 12.1. The molecule has 1 aromatic carbocycles. The summed E-state index contributed by atoms with van der Waals surface area (Å²) < 4.78 is 24.3. The Morgan fingerprint density at radius 1 is 1.30 bits per heavy atom. The SMILES string of the molecule is N#Cc1ccc(S(=O)(=O)CCNC2(CO)CCC2)cc1. The van der Waals surface area contributed by atoms with E-state index in [1.807, 2.05) is 6.07 Å². The first-order valence-corrected chi connectivity index (χ1v) is 8.25. The molecular formula is C14H18N2O3S. The fourth-order valence-corrected chi connectivity index (χ4v) is 3.46. The van der Waals surface area contributed by atoms with Crippen LogP contribution in [0, 0.1) is 11.3 Å². The molecule has 108 valence electrons. The molecule has 20 heavy (non-hydrogen) atoms. The predicted molar refractivity (Wildman–Crippen MR) is 74.9 cm³/mol. The Morgan fingerprint density at radius 2 is 1.95 bits per heavy atom. The van der Waals surface area contributed by atoms with Gasteiger partial charge in [0, 0.05) is 12.1 Å². The molecule has 0 aromatic heterocycles. The summed E-state index contributed by atoms with van der Waals surface area (Å²) in [5.74, 6) is -0.0132. The molecule has 0 saturated heterocycles. The minimum atomic E-state index is -3.35. The van der Waals surface area contributed by atoms with E-state index in [0.29, 0.717) is 12.1 Å². The van der Waals surface area contributed by atoms with Gasteiger partial charge in [0.1, 0.15) is 0 Å². The highest BCUT2D eigenvalue weighted by Gasteiger charge is 2.35. The van der Waals surface area contributed by atoms with Crippen LogP contribution >= 0.6 is 0 Å². The number of benzene rings is 1. The first kappa shape index (κ1) is 15.0. The zero-order chi connectivity index (χ0) is 14.6. The number of hydrogen-bond donors (Lipinski definition) is 2. The zero-order valence-electron chi connectivity index (χ0n) is 11.2. The molecule has 0 spiro atoms. The molecule has 0 amide bonds. The number of nitrogens with one attached hydrogen (secondary N) is 1. The zero-order valence-corrected chi connectivity index (χ0v) is 12.0. The number of hydrogen-bond acceptors (Lipinski definition) is 5. The van der Waals surface area contributed by atoms with Crippen LogP contribution in [0.4, 0.5) is 0 Å². The molecule has 0 heterocycles. The van der Waals surface area contributed by atoms with E-state index in [1.165, 1.54) is 24.3 Å². The van der Waals surface area contributed by atoms with Gasteiger partial charge in [-0.2, -0.15) is 5.26 Å². The van der Waals surface area contributed by atoms with E-state index in [0.717, 1.165) is 19.3 Å². The quantitative estimate of drug-likeness (QED) is 0.811. The molecule has 0 unspecified atom stereocenters. The summed E-state index contributed by atoms with van der Waals surface area (Å²) in [4.78, 5) is 0.227. The van der Waals surface area contributed by atoms with Crippen LogP contribution in [-0.4, -0.2) is 38.0 Å². The summed E-state index contributed by atoms with van der Waals surface area (Å²) in [6, 6.07) is 7.87. The second-order valence-electron chi connectivity index (χ2n) is 5.17. The molecule has 1 aromatic rings. The van der Waals surface area contributed by atoms with Gasteiger partial charge in [-0.15, -0.1) is 0 Å². The average Bonchev–Trinajstić information content (AvgIpc) is 2.42. The average molecular weight is 294 g/mol. The monoisotopic (exact) mass is 294 g/mol. The van der Waals surface area contributed by atoms with Gasteiger partial charge < -0.3 is 10.4 Å². The lowest BCUT2D eigenvalue weighted by Crippen LogP contribution is -2.54. The van der Waals surface area contributed by atoms with E-state index in [9.17, 15) is 13.5 Å². The summed E-state index contributed by atoms with van der Waals surface area (Å²) >= 11 is 0. The van der Waals surface area contributed by atoms with Gasteiger partial charge in [-0.1, -0.05) is 0 Å². The molecule has 2 N–H and O–H groups in total. The fraction of sp³-hybridized carbons (Fsp3) is 0.500. The lowest BCUT2D eigenvalue weighted by molar-refractivity contribution is 0.0910. The number of sulfone groups is 1. The van der Waals surface area contributed by atoms with Gasteiger partial charge in [0.05, 0.1) is 28.9 Å². The summed E-state index contributed by atoms with van der Waals surface area (Å²) in [6.45, 7) is 0.368. The smallest absolute Gasteiger partial charge is 0.179 e. The normalized spacial score (nSPS) is 17.2. The number of nitriles is 1. The van der Waals surface area contributed by atoms with E-state index in [2.05, 4.69) is 5.32 Å². The van der Waals surface area contributed by atoms with Gasteiger partial charge >= 0.3 is 0 Å². The highest BCUT2D eigenvalue weighted by Crippen LogP contribution is 2.30. The van der Waals surface area contributed by atoms with Crippen molar-refractivity contribution < 1.29 is 13.5 Å². The summed E-state index contributed by atoms with van der Waals surface area (Å²) in [5.41, 5.74) is 0.163. The van der Waals surface area contributed by atoms with Crippen molar-refractivity contribution in [2.75, 3.05) is 18.9 Å². The van der Waals surface area contributed by atoms with Crippen molar-refractivity contribution in [3.05, 3.63) is 29.8 Å². The molecule has 1 aliphatic carbocycles. The Kier molecular flexibility index (Phi) is 4.43. The van der Waals surface area contributed by atoms with Crippen LogP contribution in [0.2, 0.25) is 0 Å². The van der Waals surface area contributed by atoms with Crippen LogP contribution in [0.25, 0.3) is 0 Å². The van der Waals surface area contributed by atoms with E-state index in [-0.39, 0.29) is 22.8 Å². The first-order chi connectivity index (χ1) is 9.51. The van der Waals surface area contributed by atoms with Gasteiger partial charge in [0.25, 0.3) is 0 Å². The van der Waals surface area contributed by atoms with Crippen molar-refractivity contribution in [2.24, 2.45) is 0 Å². The number of nitrogens with zero attached hydrogens (tertiary/aromatic N) is 1. The number of aliphatic hydroxyl groups excluding tert-OH is 1. The summed E-state index contributed by atoms with van der Waals surface area (Å²) in [7, 11) is -3.35. The van der Waals surface area contributed by atoms with Gasteiger partial charge in [0.2, 0.25) is 0 Å². The third-order valence-electron chi connectivity index (χ3n) is 3.83. The maximum atomic E-state index is 12.1. The van der Waals surface area contributed by atoms with Crippen molar-refractivity contribution >= 4 is 9.84 Å². The van der Waals surface area contributed by atoms with Crippen molar-refractivity contribution in [2.45, 2.75) is 29.7 Å². The van der Waals surface area contributed by atoms with Crippen LogP contribution in [0.5, 0.6) is 0 Å². The third kappa shape index (κ3) is 3.18. The minimum absolute atomic E-state index is 0.0132. The summed E-state index contributed by atoms with van der Waals surface area (Å²) in [6.07, 6.45) is 2.84. The Bertz CT molecular complexity index is 593. The van der Waals surface area contributed by atoms with Crippen LogP contribution in [0.3, 0.4) is 0 Å². The van der Waals surface area contributed by atoms with Gasteiger partial charge in [0.15, 0.2) is 9.84 Å². The molecule has 0 bridgehead atoms. The first-order valence-electron chi connectivity index (χ1n) is 6.60. The van der Waals surface area contributed by atoms with Crippen molar-refractivity contribution in [3.63, 3.8) is 0 Å². The lowest BCUT2D eigenvalue weighted by Gasteiger charge is -2.41. The molecule has 6 heteroatoms. The Hall–Kier alpha value is -1.42. The molecule has 0 atom stereocenters. The number of aliphatic hydroxyl groups is 1. The van der Waals surface area contributed by atoms with Crippen LogP contribution in [0.15, 0.2) is 29.2 Å². The van der Waals surface area contributed by atoms with Gasteiger partial charge in [-0.25, -0.2) is 8.42 Å². The molecule has 0 aliphatic heterocycles. The van der Waals surface area contributed by atoms with E-state index in [4.69, 9.17) is 5.26 Å². The lowest BCUT2D eigenvalue weighted by atomic mass is 9.77. The fourth-order valence-electron chi connectivity index (χ4n) is 2.30. The van der Waals surface area contributed by atoms with Crippen molar-refractivity contribution in [1.82, 2.24) is 5.32 Å². The van der Waals surface area contributed by atoms with Gasteiger partial charge in [-0.3, -0.25) is 0 Å². The molecule has 1 aliphatic rings. The van der Waals surface area contributed by atoms with Crippen LogP contribution < -0.4 is 5.32 Å². The molecule has 0 radical (unpaired) electrons. The molecule has 2 rings (SSSR count). The minimum Gasteiger partial charge on any atom is -0.394 e. The third-order valence-corrected chi connectivity index (χ3v) is 5.56. The predicted octanol–water partition coefficient (Wildman–Crippen LogP) is 0.837. The number of rotatable bonds is 6. The summed E-state index contributed by atoms with van der Waals surface area (Å²) in [5, 5.41) is 21.1. The van der Waals surface area contributed by atoms with Crippen LogP contribution in [0.1, 0.15) is 24.8 Å². The maximum Gasteiger partial charge on any atom is 0.179 e. The Balaban J connectivity index is 1.95. The second kappa shape index (κ2) is 5.92. The highest BCUT2D eigenvalue weighted by atomic mass is 32.2. The topological polar surface area (TPSA) is 90.2 Å². The molecule has 1 fully saturated rings. The van der Waals surface area contributed by atoms with Crippen LogP contribution in [-0.2, 0) is 9.84 Å². The van der Waals surface area contributed by atoms with Crippen molar-refractivity contribution in [1.29, 1.82) is 5.26 Å². The molecular weight excluding hydrogens is 276 g/mol. The Labute approximate surface area is 119 Å². The van der Waals surface area contributed by atoms with Gasteiger partial charge in [-0.05, 0) is 43.5 Å². The highest BCUT2D eigenvalue weighted by molar-refractivity contribution is 7.91. The standard InChI is InChI=1S/C14H18N2O3S/c15-10-12-2-4-13(5-3-12)20(18,19)9-8-16-14(11-17)6-1-7-14/h2-5,16-17H,1,6-9,11H2.